The smallest absolute Gasteiger partial charge is 0.408 e. The molecule has 1 unspecified atom stereocenters. The number of hydrogen-bond acceptors (Lipinski definition) is 6. The highest BCUT2D eigenvalue weighted by Gasteiger charge is 2.22. The highest BCUT2D eigenvalue weighted by atomic mass is 32.1. The zero-order valence-electron chi connectivity index (χ0n) is 19.9. The number of amides is 1. The number of carbonyl (C=O) groups excluding carboxylic acids is 1. The summed E-state index contributed by atoms with van der Waals surface area (Å²) in [5.41, 5.74) is 0.345. The molecule has 2 heterocycles. The maximum atomic E-state index is 12.9. The number of nitrogens with one attached hydrogen (secondary N) is 1. The van der Waals surface area contributed by atoms with Gasteiger partial charge in [0.25, 0.3) is 0 Å². The third-order valence-corrected chi connectivity index (χ3v) is 6.39. The van der Waals surface area contributed by atoms with Crippen molar-refractivity contribution in [3.8, 4) is 5.75 Å². The van der Waals surface area contributed by atoms with Crippen molar-refractivity contribution >= 4 is 29.3 Å². The van der Waals surface area contributed by atoms with Crippen LogP contribution in [0.4, 0.5) is 4.79 Å². The van der Waals surface area contributed by atoms with Crippen LogP contribution < -0.4 is 10.9 Å². The van der Waals surface area contributed by atoms with Gasteiger partial charge >= 0.3 is 11.7 Å². The molecule has 1 atom stereocenters. The standard InChI is InChI=1S/C26H33NO6S/c1-4-5-6-7-11-19-14-20(34-16-19)13-18(3)24(29)23-21(28)15-22(33-25(23)30)17(2)10-8-9-12-27-26(31)32/h9,12-17,27-28H,4-8,10-11H2,1-3H3,(H,31,32)/b12-9?,18-13+. The molecule has 0 aliphatic carbocycles. The lowest BCUT2D eigenvalue weighted by molar-refractivity contribution is 0.102. The lowest BCUT2D eigenvalue weighted by atomic mass is 9.99. The quantitative estimate of drug-likeness (QED) is 0.169. The molecule has 184 valence electrons. The monoisotopic (exact) mass is 487 g/mol. The van der Waals surface area contributed by atoms with Gasteiger partial charge in [-0.05, 0) is 61.3 Å². The fourth-order valence-electron chi connectivity index (χ4n) is 3.49. The molecule has 3 N–H and O–H groups in total. The number of aromatic hydroxyl groups is 1. The van der Waals surface area contributed by atoms with E-state index in [2.05, 4.69) is 23.7 Å². The summed E-state index contributed by atoms with van der Waals surface area (Å²) >= 11 is 1.55. The van der Waals surface area contributed by atoms with Gasteiger partial charge in [-0.25, -0.2) is 9.59 Å². The van der Waals surface area contributed by atoms with E-state index in [-0.39, 0.29) is 17.2 Å². The van der Waals surface area contributed by atoms with Crippen LogP contribution in [-0.2, 0) is 6.42 Å². The molecule has 0 saturated heterocycles. The van der Waals surface area contributed by atoms with E-state index < -0.39 is 23.3 Å². The Hall–Kier alpha value is -3.13. The maximum Gasteiger partial charge on any atom is 0.408 e. The van der Waals surface area contributed by atoms with Crippen LogP contribution >= 0.6 is 11.3 Å². The molecule has 0 radical (unpaired) electrons. The molecule has 2 aromatic heterocycles. The van der Waals surface area contributed by atoms with Crippen LogP contribution in [-0.4, -0.2) is 22.1 Å². The summed E-state index contributed by atoms with van der Waals surface area (Å²) in [6, 6.07) is 3.37. The van der Waals surface area contributed by atoms with Gasteiger partial charge in [-0.2, -0.15) is 0 Å². The van der Waals surface area contributed by atoms with Gasteiger partial charge < -0.3 is 14.6 Å². The summed E-state index contributed by atoms with van der Waals surface area (Å²) in [7, 11) is 0. The van der Waals surface area contributed by atoms with E-state index in [1.54, 1.807) is 30.4 Å². The molecule has 7 nitrogen and oxygen atoms in total. The van der Waals surface area contributed by atoms with Crippen molar-refractivity contribution in [1.82, 2.24) is 5.32 Å². The van der Waals surface area contributed by atoms with Crippen molar-refractivity contribution in [3.05, 3.63) is 67.5 Å². The minimum Gasteiger partial charge on any atom is -0.507 e. The van der Waals surface area contributed by atoms with E-state index in [1.807, 2.05) is 6.92 Å². The first-order valence-electron chi connectivity index (χ1n) is 11.5. The predicted molar refractivity (Wildman–Crippen MR) is 135 cm³/mol. The molecule has 0 aliphatic rings. The largest absolute Gasteiger partial charge is 0.507 e. The highest BCUT2D eigenvalue weighted by Crippen LogP contribution is 2.27. The zero-order valence-corrected chi connectivity index (χ0v) is 20.7. The normalized spacial score (nSPS) is 12.7. The molecule has 34 heavy (non-hydrogen) atoms. The Labute approximate surface area is 203 Å². The molecule has 0 aromatic carbocycles. The molecule has 1 amide bonds. The Balaban J connectivity index is 2.06. The summed E-state index contributed by atoms with van der Waals surface area (Å²) in [6.45, 7) is 5.62. The SMILES string of the molecule is CCCCCCc1csc(/C=C(\C)C(=O)c2c(O)cc(C(C)CCC=CNC(=O)O)oc2=O)c1. The average molecular weight is 488 g/mol. The fraction of sp³-hybridized carbons (Fsp3) is 0.423. The van der Waals surface area contributed by atoms with Crippen molar-refractivity contribution in [2.75, 3.05) is 0 Å². The maximum absolute atomic E-state index is 12.9. The highest BCUT2D eigenvalue weighted by molar-refractivity contribution is 7.11. The molecule has 0 fully saturated rings. The van der Waals surface area contributed by atoms with E-state index in [1.165, 1.54) is 37.1 Å². The summed E-state index contributed by atoms with van der Waals surface area (Å²) in [5, 5.41) is 23.2. The fourth-order valence-corrected chi connectivity index (χ4v) is 4.42. The van der Waals surface area contributed by atoms with Gasteiger partial charge in [0.2, 0.25) is 0 Å². The number of carbonyl (C=O) groups is 2. The molecule has 2 rings (SSSR count). The van der Waals surface area contributed by atoms with Gasteiger partial charge in [0.1, 0.15) is 17.1 Å². The van der Waals surface area contributed by atoms with Crippen molar-refractivity contribution in [2.24, 2.45) is 0 Å². The number of thiophene rings is 1. The van der Waals surface area contributed by atoms with Crippen molar-refractivity contribution in [3.63, 3.8) is 0 Å². The third-order valence-electron chi connectivity index (χ3n) is 5.46. The van der Waals surface area contributed by atoms with Gasteiger partial charge in [0.05, 0.1) is 0 Å². The van der Waals surface area contributed by atoms with Gasteiger partial charge in [0.15, 0.2) is 5.78 Å². The molecule has 0 aliphatic heterocycles. The summed E-state index contributed by atoms with van der Waals surface area (Å²) in [4.78, 5) is 36.7. The predicted octanol–water partition coefficient (Wildman–Crippen LogP) is 6.48. The van der Waals surface area contributed by atoms with E-state index in [9.17, 15) is 19.5 Å². The Morgan fingerprint density at radius 2 is 2.00 bits per heavy atom. The van der Waals surface area contributed by atoms with Crippen LogP contribution in [0.1, 0.15) is 91.8 Å². The molecular weight excluding hydrogens is 454 g/mol. The molecule has 0 bridgehead atoms. The van der Waals surface area contributed by atoms with Crippen LogP contribution in [0.2, 0.25) is 0 Å². The number of unbranched alkanes of at least 4 members (excludes halogenated alkanes) is 3. The summed E-state index contributed by atoms with van der Waals surface area (Å²) in [5.74, 6) is -0.908. The number of ketones is 1. The van der Waals surface area contributed by atoms with Crippen molar-refractivity contribution < 1.29 is 24.2 Å². The first-order valence-corrected chi connectivity index (χ1v) is 12.4. The first kappa shape index (κ1) is 27.1. The Kier molecular flexibility index (Phi) is 10.8. The van der Waals surface area contributed by atoms with Gasteiger partial charge in [-0.1, -0.05) is 39.2 Å². The number of carboxylic acid groups (broad SMARTS) is 1. The van der Waals surface area contributed by atoms with Crippen molar-refractivity contribution in [1.29, 1.82) is 0 Å². The second-order valence-corrected chi connectivity index (χ2v) is 9.29. The third kappa shape index (κ3) is 8.33. The number of hydrogen-bond donors (Lipinski definition) is 3. The minimum absolute atomic E-state index is 0.212. The second kappa shape index (κ2) is 13.5. The van der Waals surface area contributed by atoms with Crippen LogP contribution in [0.15, 0.2) is 44.6 Å². The summed E-state index contributed by atoms with van der Waals surface area (Å²) in [6.07, 6.45) is 10.4. The molecule has 0 spiro atoms. The number of aryl methyl sites for hydroxylation is 1. The van der Waals surface area contributed by atoms with E-state index in [4.69, 9.17) is 9.52 Å². The number of rotatable bonds is 13. The Morgan fingerprint density at radius 3 is 2.68 bits per heavy atom. The topological polar surface area (TPSA) is 117 Å². The molecule has 2 aromatic rings. The Morgan fingerprint density at radius 1 is 1.24 bits per heavy atom. The van der Waals surface area contributed by atoms with Gasteiger partial charge in [-0.3, -0.25) is 10.1 Å². The average Bonchev–Trinajstić information content (AvgIpc) is 3.22. The van der Waals surface area contributed by atoms with Crippen LogP contribution in [0.3, 0.4) is 0 Å². The number of Topliss-reactive ketones (excluding diaryl/α,β-unsaturated/α-hetero) is 1. The van der Waals surface area contributed by atoms with Crippen molar-refractivity contribution in [2.45, 2.75) is 71.6 Å². The van der Waals surface area contributed by atoms with E-state index in [0.717, 1.165) is 17.7 Å². The van der Waals surface area contributed by atoms with E-state index in [0.29, 0.717) is 18.4 Å². The second-order valence-electron chi connectivity index (χ2n) is 8.35. The van der Waals surface area contributed by atoms with Gasteiger partial charge in [-0.15, -0.1) is 11.3 Å². The molecule has 0 saturated carbocycles. The van der Waals surface area contributed by atoms with Crippen LogP contribution in [0, 0.1) is 0 Å². The lowest BCUT2D eigenvalue weighted by Gasteiger charge is -2.11. The minimum atomic E-state index is -1.15. The Bertz CT molecular complexity index is 1090. The van der Waals surface area contributed by atoms with Gasteiger partial charge in [0, 0.05) is 23.1 Å². The molecule has 8 heteroatoms. The molecular formula is C26H33NO6S. The van der Waals surface area contributed by atoms with Crippen LogP contribution in [0.25, 0.3) is 6.08 Å². The summed E-state index contributed by atoms with van der Waals surface area (Å²) < 4.78 is 5.34. The number of allylic oxidation sites excluding steroid dienone is 2. The van der Waals surface area contributed by atoms with E-state index >= 15 is 0 Å². The first-order chi connectivity index (χ1) is 16.2. The lowest BCUT2D eigenvalue weighted by Crippen LogP contribution is -2.16. The zero-order chi connectivity index (χ0) is 25.1. The van der Waals surface area contributed by atoms with Crippen LogP contribution in [0.5, 0.6) is 5.75 Å².